The molecule has 2 N–H and O–H groups in total. The Morgan fingerprint density at radius 3 is 2.71 bits per heavy atom. The number of nitrogens with zero attached hydrogens (tertiary/aromatic N) is 2. The molecule has 0 aliphatic rings. The molecule has 2 rings (SSSR count). The number of hydrogen-bond acceptors (Lipinski definition) is 4. The normalized spacial score (nSPS) is 10.3. The van der Waals surface area contributed by atoms with Gasteiger partial charge in [-0.25, -0.2) is 9.97 Å². The molecular formula is C14H14BrClN4O. The lowest BCUT2D eigenvalue weighted by Gasteiger charge is -2.09. The van der Waals surface area contributed by atoms with E-state index in [0.29, 0.717) is 16.5 Å². The number of benzene rings is 1. The number of anilines is 2. The first kappa shape index (κ1) is 15.7. The maximum Gasteiger partial charge on any atom is 0.275 e. The number of rotatable bonds is 4. The van der Waals surface area contributed by atoms with Crippen LogP contribution in [-0.4, -0.2) is 22.4 Å². The second-order valence-electron chi connectivity index (χ2n) is 4.35. The Labute approximate surface area is 136 Å². The van der Waals surface area contributed by atoms with E-state index in [1.54, 1.807) is 6.07 Å². The molecule has 7 heteroatoms. The van der Waals surface area contributed by atoms with E-state index in [2.05, 4.69) is 36.5 Å². The van der Waals surface area contributed by atoms with Gasteiger partial charge in [0.05, 0.1) is 18.1 Å². The van der Waals surface area contributed by atoms with Crippen molar-refractivity contribution in [1.29, 1.82) is 0 Å². The Morgan fingerprint density at radius 1 is 1.33 bits per heavy atom. The van der Waals surface area contributed by atoms with Gasteiger partial charge in [-0.3, -0.25) is 4.79 Å². The van der Waals surface area contributed by atoms with Crippen LogP contribution in [0.3, 0.4) is 0 Å². The molecule has 5 nitrogen and oxygen atoms in total. The first-order valence-electron chi connectivity index (χ1n) is 6.34. The van der Waals surface area contributed by atoms with Gasteiger partial charge in [-0.05, 0) is 47.5 Å². The van der Waals surface area contributed by atoms with Crippen LogP contribution in [0, 0.1) is 6.92 Å². The lowest BCUT2D eigenvalue weighted by Crippen LogP contribution is -2.15. The van der Waals surface area contributed by atoms with Gasteiger partial charge in [0.1, 0.15) is 11.5 Å². The number of aryl methyl sites for hydroxylation is 1. The van der Waals surface area contributed by atoms with Crippen LogP contribution in [-0.2, 0) is 0 Å². The molecule has 1 heterocycles. The van der Waals surface area contributed by atoms with E-state index in [4.69, 9.17) is 11.6 Å². The summed E-state index contributed by atoms with van der Waals surface area (Å²) in [5.74, 6) is 0.291. The summed E-state index contributed by atoms with van der Waals surface area (Å²) in [6.07, 6.45) is 2.95. The molecule has 0 aliphatic carbocycles. The van der Waals surface area contributed by atoms with Crippen molar-refractivity contribution in [1.82, 2.24) is 9.97 Å². The van der Waals surface area contributed by atoms with Crippen molar-refractivity contribution >= 4 is 44.9 Å². The fourth-order valence-corrected chi connectivity index (χ4v) is 2.37. The van der Waals surface area contributed by atoms with Gasteiger partial charge in [0.2, 0.25) is 0 Å². The Bertz CT molecular complexity index is 661. The van der Waals surface area contributed by atoms with Crippen molar-refractivity contribution in [3.8, 4) is 0 Å². The minimum atomic E-state index is -0.342. The quantitative estimate of drug-likeness (QED) is 0.858. The maximum absolute atomic E-state index is 12.1. The third-order valence-corrected chi connectivity index (χ3v) is 3.80. The predicted octanol–water partition coefficient (Wildman–Crippen LogP) is 3.89. The van der Waals surface area contributed by atoms with Gasteiger partial charge in [0.15, 0.2) is 0 Å². The van der Waals surface area contributed by atoms with E-state index in [1.165, 1.54) is 12.4 Å². The van der Waals surface area contributed by atoms with Gasteiger partial charge in [-0.15, -0.1) is 0 Å². The summed E-state index contributed by atoms with van der Waals surface area (Å²) >= 11 is 9.46. The Balaban J connectivity index is 2.16. The fourth-order valence-electron chi connectivity index (χ4n) is 1.65. The number of carbonyl (C=O) groups is 1. The number of nitrogens with one attached hydrogen (secondary N) is 2. The molecule has 0 saturated heterocycles. The van der Waals surface area contributed by atoms with Gasteiger partial charge >= 0.3 is 0 Å². The zero-order valence-corrected chi connectivity index (χ0v) is 13.9. The third kappa shape index (κ3) is 3.92. The van der Waals surface area contributed by atoms with Crippen molar-refractivity contribution in [3.05, 3.63) is 45.3 Å². The number of amides is 1. The summed E-state index contributed by atoms with van der Waals surface area (Å²) in [6.45, 7) is 4.60. The molecule has 0 bridgehead atoms. The second kappa shape index (κ2) is 6.87. The van der Waals surface area contributed by atoms with E-state index in [9.17, 15) is 4.79 Å². The van der Waals surface area contributed by atoms with Crippen molar-refractivity contribution in [3.63, 3.8) is 0 Å². The average molecular weight is 370 g/mol. The molecule has 0 radical (unpaired) electrons. The lowest BCUT2D eigenvalue weighted by atomic mass is 10.2. The van der Waals surface area contributed by atoms with E-state index in [1.807, 2.05) is 19.9 Å². The summed E-state index contributed by atoms with van der Waals surface area (Å²) in [5.41, 5.74) is 1.75. The number of halogens is 2. The molecule has 0 aliphatic heterocycles. The van der Waals surface area contributed by atoms with Gasteiger partial charge in [-0.2, -0.15) is 0 Å². The molecule has 0 atom stereocenters. The molecule has 0 fully saturated rings. The van der Waals surface area contributed by atoms with Crippen LogP contribution >= 0.6 is 27.5 Å². The fraction of sp³-hybridized carbons (Fsp3) is 0.214. The van der Waals surface area contributed by atoms with Crippen LogP contribution in [0.1, 0.15) is 23.0 Å². The zero-order valence-electron chi connectivity index (χ0n) is 11.6. The third-order valence-electron chi connectivity index (χ3n) is 2.74. The molecule has 110 valence electrons. The molecule has 1 aromatic carbocycles. The van der Waals surface area contributed by atoms with Crippen LogP contribution in [0.4, 0.5) is 11.5 Å². The minimum Gasteiger partial charge on any atom is -0.369 e. The molecule has 1 aromatic heterocycles. The SMILES string of the molecule is CCNc1cnc(C(=O)Nc2cc(Cl)c(C)cc2Br)cn1. The van der Waals surface area contributed by atoms with E-state index in [-0.39, 0.29) is 11.6 Å². The van der Waals surface area contributed by atoms with Crippen molar-refractivity contribution in [2.75, 3.05) is 17.2 Å². The van der Waals surface area contributed by atoms with E-state index < -0.39 is 0 Å². The lowest BCUT2D eigenvalue weighted by molar-refractivity contribution is 0.102. The molecule has 0 spiro atoms. The van der Waals surface area contributed by atoms with E-state index >= 15 is 0 Å². The van der Waals surface area contributed by atoms with Crippen LogP contribution < -0.4 is 10.6 Å². The van der Waals surface area contributed by atoms with Crippen LogP contribution in [0.2, 0.25) is 5.02 Å². The van der Waals surface area contributed by atoms with Crippen molar-refractivity contribution in [2.45, 2.75) is 13.8 Å². The molecule has 1 amide bonds. The standard InChI is InChI=1S/C14H14BrClN4O/c1-3-17-13-7-18-12(6-19-13)14(21)20-11-5-10(16)8(2)4-9(11)15/h4-7H,3H2,1-2H3,(H,17,19)(H,20,21). The van der Waals surface area contributed by atoms with Gasteiger partial charge in [0, 0.05) is 16.0 Å². The van der Waals surface area contributed by atoms with Gasteiger partial charge < -0.3 is 10.6 Å². The zero-order chi connectivity index (χ0) is 15.4. The summed E-state index contributed by atoms with van der Waals surface area (Å²) in [6, 6.07) is 3.54. The monoisotopic (exact) mass is 368 g/mol. The predicted molar refractivity (Wildman–Crippen MR) is 88.0 cm³/mol. The second-order valence-corrected chi connectivity index (χ2v) is 5.61. The van der Waals surface area contributed by atoms with Crippen LogP contribution in [0.15, 0.2) is 29.0 Å². The maximum atomic E-state index is 12.1. The Hall–Kier alpha value is -1.66. The Morgan fingerprint density at radius 2 is 2.10 bits per heavy atom. The van der Waals surface area contributed by atoms with Crippen molar-refractivity contribution < 1.29 is 4.79 Å². The highest BCUT2D eigenvalue weighted by Gasteiger charge is 2.11. The smallest absolute Gasteiger partial charge is 0.275 e. The highest BCUT2D eigenvalue weighted by molar-refractivity contribution is 9.10. The van der Waals surface area contributed by atoms with Crippen LogP contribution in [0.5, 0.6) is 0 Å². The minimum absolute atomic E-state index is 0.236. The number of aromatic nitrogens is 2. The molecule has 2 aromatic rings. The van der Waals surface area contributed by atoms with Gasteiger partial charge in [0.25, 0.3) is 5.91 Å². The van der Waals surface area contributed by atoms with Gasteiger partial charge in [-0.1, -0.05) is 11.6 Å². The Kier molecular flexibility index (Phi) is 5.14. The summed E-state index contributed by atoms with van der Waals surface area (Å²) in [4.78, 5) is 20.3. The molecular weight excluding hydrogens is 356 g/mol. The largest absolute Gasteiger partial charge is 0.369 e. The van der Waals surface area contributed by atoms with Crippen LogP contribution in [0.25, 0.3) is 0 Å². The number of carbonyl (C=O) groups excluding carboxylic acids is 1. The summed E-state index contributed by atoms with van der Waals surface area (Å²) in [5, 5.41) is 6.35. The topological polar surface area (TPSA) is 66.9 Å². The van der Waals surface area contributed by atoms with Crippen molar-refractivity contribution in [2.24, 2.45) is 0 Å². The molecule has 0 unspecified atom stereocenters. The first-order chi connectivity index (χ1) is 10.0. The highest BCUT2D eigenvalue weighted by Crippen LogP contribution is 2.29. The number of hydrogen-bond donors (Lipinski definition) is 2. The molecule has 0 saturated carbocycles. The average Bonchev–Trinajstić information content (AvgIpc) is 2.46. The summed E-state index contributed by atoms with van der Waals surface area (Å²) in [7, 11) is 0. The summed E-state index contributed by atoms with van der Waals surface area (Å²) < 4.78 is 0.759. The van der Waals surface area contributed by atoms with E-state index in [0.717, 1.165) is 16.6 Å². The highest BCUT2D eigenvalue weighted by atomic mass is 79.9. The first-order valence-corrected chi connectivity index (χ1v) is 7.51. The molecule has 21 heavy (non-hydrogen) atoms.